The number of nitrogens with zero attached hydrogens (tertiary/aromatic N) is 4. The van der Waals surface area contributed by atoms with Crippen LogP contribution in [0.5, 0.6) is 0 Å². The van der Waals surface area contributed by atoms with Crippen molar-refractivity contribution in [3.05, 3.63) is 102 Å². The molecule has 1 aliphatic rings. The van der Waals surface area contributed by atoms with Crippen LogP contribution in [-0.2, 0) is 11.3 Å². The normalized spacial score (nSPS) is 13.7. The molecule has 0 bridgehead atoms. The number of halogens is 1. The molecule has 1 fully saturated rings. The predicted octanol–water partition coefficient (Wildman–Crippen LogP) is 3.39. The molecule has 2 aromatic carbocycles. The van der Waals surface area contributed by atoms with Gasteiger partial charge >= 0.3 is 0 Å². The van der Waals surface area contributed by atoms with Crippen LogP contribution in [0.4, 0.5) is 4.39 Å². The van der Waals surface area contributed by atoms with Crippen LogP contribution in [0.1, 0.15) is 26.3 Å². The first-order valence-corrected chi connectivity index (χ1v) is 11.4. The van der Waals surface area contributed by atoms with E-state index in [2.05, 4.69) is 4.98 Å². The van der Waals surface area contributed by atoms with E-state index in [0.29, 0.717) is 30.7 Å². The number of carbonyl (C=O) groups is 3. The van der Waals surface area contributed by atoms with Crippen LogP contribution < -0.4 is 0 Å². The number of aromatic nitrogens is 2. The topological polar surface area (TPSA) is 75.5 Å². The SMILES string of the molecule is O=C(C(=O)N1CCN(C(=O)c2ccccc2)CC1)c1cn(Cc2ccncc2)c2cccc(F)c12. The first kappa shape index (κ1) is 22.5. The van der Waals surface area contributed by atoms with Crippen molar-refractivity contribution in [2.45, 2.75) is 6.54 Å². The fourth-order valence-electron chi connectivity index (χ4n) is 4.43. The summed E-state index contributed by atoms with van der Waals surface area (Å²) in [6, 6.07) is 17.2. The molecule has 2 amide bonds. The van der Waals surface area contributed by atoms with Crippen LogP contribution in [0.2, 0.25) is 0 Å². The Morgan fingerprint density at radius 3 is 2.23 bits per heavy atom. The molecule has 8 heteroatoms. The molecule has 0 radical (unpaired) electrons. The van der Waals surface area contributed by atoms with E-state index in [-0.39, 0.29) is 29.9 Å². The van der Waals surface area contributed by atoms with Gasteiger partial charge in [-0.3, -0.25) is 19.4 Å². The zero-order valence-corrected chi connectivity index (χ0v) is 18.9. The van der Waals surface area contributed by atoms with Crippen molar-refractivity contribution in [2.24, 2.45) is 0 Å². The lowest BCUT2D eigenvalue weighted by Gasteiger charge is -2.34. The van der Waals surface area contributed by atoms with Crippen LogP contribution in [0, 0.1) is 5.82 Å². The molecule has 2 aromatic heterocycles. The standard InChI is InChI=1S/C27H23FN4O3/c28-22-7-4-8-23-24(22)21(18-32(23)17-19-9-11-29-12-10-19)25(33)27(35)31-15-13-30(14-16-31)26(34)20-5-2-1-3-6-20/h1-12,18H,13-17H2. The lowest BCUT2D eigenvalue weighted by atomic mass is 10.1. The van der Waals surface area contributed by atoms with Crippen LogP contribution in [-0.4, -0.2) is 63.1 Å². The van der Waals surface area contributed by atoms with Crippen LogP contribution in [0.15, 0.2) is 79.3 Å². The Kier molecular flexibility index (Phi) is 6.10. The summed E-state index contributed by atoms with van der Waals surface area (Å²) < 4.78 is 16.6. The molecule has 35 heavy (non-hydrogen) atoms. The molecule has 0 spiro atoms. The average molecular weight is 471 g/mol. The van der Waals surface area contributed by atoms with Crippen molar-refractivity contribution < 1.29 is 18.8 Å². The predicted molar refractivity (Wildman–Crippen MR) is 128 cm³/mol. The number of ketones is 1. The minimum atomic E-state index is -0.753. The highest BCUT2D eigenvalue weighted by Gasteiger charge is 2.31. The number of amides is 2. The van der Waals surface area contributed by atoms with Gasteiger partial charge in [-0.05, 0) is 42.0 Å². The first-order valence-electron chi connectivity index (χ1n) is 11.4. The van der Waals surface area contributed by atoms with Gasteiger partial charge in [-0.15, -0.1) is 0 Å². The maximum Gasteiger partial charge on any atom is 0.295 e. The van der Waals surface area contributed by atoms with Gasteiger partial charge in [0.25, 0.3) is 17.6 Å². The molecule has 1 aliphatic heterocycles. The second-order valence-electron chi connectivity index (χ2n) is 8.44. The van der Waals surface area contributed by atoms with E-state index >= 15 is 0 Å². The van der Waals surface area contributed by atoms with E-state index in [4.69, 9.17) is 0 Å². The van der Waals surface area contributed by atoms with Crippen molar-refractivity contribution in [1.82, 2.24) is 19.4 Å². The summed E-state index contributed by atoms with van der Waals surface area (Å²) in [6.45, 7) is 1.53. The number of hydrogen-bond donors (Lipinski definition) is 0. The summed E-state index contributed by atoms with van der Waals surface area (Å²) in [5.74, 6) is -2.10. The average Bonchev–Trinajstić information content (AvgIpc) is 3.28. The van der Waals surface area contributed by atoms with Crippen molar-refractivity contribution >= 4 is 28.5 Å². The monoisotopic (exact) mass is 470 g/mol. The molecule has 5 rings (SSSR count). The van der Waals surface area contributed by atoms with Gasteiger partial charge < -0.3 is 14.4 Å². The number of hydrogen-bond acceptors (Lipinski definition) is 4. The molecule has 3 heterocycles. The number of pyridine rings is 1. The smallest absolute Gasteiger partial charge is 0.295 e. The Bertz CT molecular complexity index is 1390. The summed E-state index contributed by atoms with van der Waals surface area (Å²) >= 11 is 0. The number of carbonyl (C=O) groups excluding carboxylic acids is 3. The Labute approximate surface area is 201 Å². The van der Waals surface area contributed by atoms with E-state index in [9.17, 15) is 18.8 Å². The van der Waals surface area contributed by atoms with Crippen molar-refractivity contribution in [1.29, 1.82) is 0 Å². The minimum Gasteiger partial charge on any atom is -0.342 e. The maximum atomic E-state index is 14.8. The third-order valence-corrected chi connectivity index (χ3v) is 6.27. The molecular weight excluding hydrogens is 447 g/mol. The number of piperazine rings is 1. The molecule has 0 N–H and O–H groups in total. The van der Waals surface area contributed by atoms with Gasteiger partial charge in [-0.2, -0.15) is 0 Å². The highest BCUT2D eigenvalue weighted by atomic mass is 19.1. The van der Waals surface area contributed by atoms with E-state index in [1.807, 2.05) is 18.2 Å². The Balaban J connectivity index is 1.35. The van der Waals surface area contributed by atoms with Gasteiger partial charge in [-0.1, -0.05) is 24.3 Å². The maximum absolute atomic E-state index is 14.8. The number of Topliss-reactive ketones (excluding diaryl/α,β-unsaturated/α-hetero) is 1. The molecule has 0 unspecified atom stereocenters. The number of benzene rings is 2. The highest BCUT2D eigenvalue weighted by molar-refractivity contribution is 6.45. The zero-order chi connectivity index (χ0) is 24.4. The Morgan fingerprint density at radius 1 is 0.829 bits per heavy atom. The third kappa shape index (κ3) is 4.42. The molecule has 1 saturated heterocycles. The number of rotatable bonds is 5. The first-order chi connectivity index (χ1) is 17.0. The van der Waals surface area contributed by atoms with Crippen LogP contribution >= 0.6 is 0 Å². The third-order valence-electron chi connectivity index (χ3n) is 6.27. The summed E-state index contributed by atoms with van der Waals surface area (Å²) in [5, 5.41) is 0.137. The molecule has 7 nitrogen and oxygen atoms in total. The minimum absolute atomic E-state index is 0.0416. The quantitative estimate of drug-likeness (QED) is 0.331. The fourth-order valence-corrected chi connectivity index (χ4v) is 4.43. The van der Waals surface area contributed by atoms with Gasteiger partial charge in [0, 0.05) is 62.3 Å². The Morgan fingerprint density at radius 2 is 1.51 bits per heavy atom. The largest absolute Gasteiger partial charge is 0.342 e. The summed E-state index contributed by atoms with van der Waals surface area (Å²) in [7, 11) is 0. The van der Waals surface area contributed by atoms with Crippen molar-refractivity contribution in [2.75, 3.05) is 26.2 Å². The second-order valence-corrected chi connectivity index (χ2v) is 8.44. The van der Waals surface area contributed by atoms with Crippen molar-refractivity contribution in [3.8, 4) is 0 Å². The van der Waals surface area contributed by atoms with Gasteiger partial charge in [0.15, 0.2) is 0 Å². The van der Waals surface area contributed by atoms with Crippen molar-refractivity contribution in [3.63, 3.8) is 0 Å². The summed E-state index contributed by atoms with van der Waals surface area (Å²) in [6.07, 6.45) is 4.88. The summed E-state index contributed by atoms with van der Waals surface area (Å²) in [5.41, 5.74) is 2.10. The van der Waals surface area contributed by atoms with E-state index in [0.717, 1.165) is 5.56 Å². The zero-order valence-electron chi connectivity index (χ0n) is 18.9. The van der Waals surface area contributed by atoms with Gasteiger partial charge in [0.05, 0.1) is 11.1 Å². The van der Waals surface area contributed by atoms with E-state index < -0.39 is 17.5 Å². The second kappa shape index (κ2) is 9.50. The van der Waals surface area contributed by atoms with Gasteiger partial charge in [0.1, 0.15) is 5.82 Å². The van der Waals surface area contributed by atoms with Gasteiger partial charge in [-0.25, -0.2) is 4.39 Å². The molecule has 4 aromatic rings. The molecule has 0 atom stereocenters. The van der Waals surface area contributed by atoms with Crippen LogP contribution in [0.3, 0.4) is 0 Å². The van der Waals surface area contributed by atoms with Gasteiger partial charge in [0.2, 0.25) is 0 Å². The lowest BCUT2D eigenvalue weighted by molar-refractivity contribution is -0.127. The molecule has 0 aliphatic carbocycles. The highest BCUT2D eigenvalue weighted by Crippen LogP contribution is 2.26. The van der Waals surface area contributed by atoms with Crippen LogP contribution in [0.25, 0.3) is 10.9 Å². The Hall–Kier alpha value is -4.33. The van der Waals surface area contributed by atoms with E-state index in [1.165, 1.54) is 11.0 Å². The number of fused-ring (bicyclic) bond motifs is 1. The van der Waals surface area contributed by atoms with E-state index in [1.54, 1.807) is 64.5 Å². The lowest BCUT2D eigenvalue weighted by Crippen LogP contribution is -2.52. The molecular formula is C27H23FN4O3. The summed E-state index contributed by atoms with van der Waals surface area (Å²) in [4.78, 5) is 46.1. The fraction of sp³-hybridized carbons (Fsp3) is 0.185. The molecule has 0 saturated carbocycles. The molecule has 176 valence electrons.